The molecule has 18 heavy (non-hydrogen) atoms. The summed E-state index contributed by atoms with van der Waals surface area (Å²) in [5, 5.41) is 1.82. The first kappa shape index (κ1) is 11.1. The van der Waals surface area contributed by atoms with Gasteiger partial charge in [0.25, 0.3) is 0 Å². The Morgan fingerprint density at radius 2 is 1.67 bits per heavy atom. The first-order valence-electron chi connectivity index (χ1n) is 5.65. The summed E-state index contributed by atoms with van der Waals surface area (Å²) < 4.78 is 0. The van der Waals surface area contributed by atoms with Gasteiger partial charge in [0.2, 0.25) is 0 Å². The Labute approximate surface area is 110 Å². The van der Waals surface area contributed by atoms with Crippen LogP contribution in [0.5, 0.6) is 0 Å². The molecular weight excluding hydrogens is 244 g/mol. The summed E-state index contributed by atoms with van der Waals surface area (Å²) in [6, 6.07) is 17.6. The van der Waals surface area contributed by atoms with Crippen molar-refractivity contribution < 1.29 is 0 Å². The van der Waals surface area contributed by atoms with Crippen molar-refractivity contribution in [2.45, 2.75) is 0 Å². The number of anilines is 1. The molecule has 0 bridgehead atoms. The van der Waals surface area contributed by atoms with Gasteiger partial charge in [-0.05, 0) is 35.4 Å². The fourth-order valence-corrected chi connectivity index (χ4v) is 2.19. The Balaban J connectivity index is 2.31. The first-order chi connectivity index (χ1) is 8.74. The highest BCUT2D eigenvalue weighted by Gasteiger charge is 2.06. The largest absolute Gasteiger partial charge is 0.384 e. The van der Waals surface area contributed by atoms with Crippen LogP contribution < -0.4 is 5.73 Å². The zero-order valence-electron chi connectivity index (χ0n) is 9.60. The second-order valence-corrected chi connectivity index (χ2v) is 4.56. The minimum atomic E-state index is 0.527. The molecule has 3 rings (SSSR count). The van der Waals surface area contributed by atoms with Gasteiger partial charge >= 0.3 is 0 Å². The van der Waals surface area contributed by atoms with Crippen molar-refractivity contribution in [2.75, 3.05) is 5.73 Å². The number of pyridine rings is 1. The maximum absolute atomic E-state index is 5.91. The summed E-state index contributed by atoms with van der Waals surface area (Å²) >= 11 is 5.91. The fraction of sp³-hybridized carbons (Fsp3) is 0. The highest BCUT2D eigenvalue weighted by molar-refractivity contribution is 6.30. The number of hydrogen-bond donors (Lipinski definition) is 1. The van der Waals surface area contributed by atoms with Crippen molar-refractivity contribution >= 4 is 28.3 Å². The molecule has 0 unspecified atom stereocenters. The summed E-state index contributed by atoms with van der Waals surface area (Å²) in [5.74, 6) is 0.527. The number of nitrogens with two attached hydrogens (primary N) is 1. The van der Waals surface area contributed by atoms with Crippen LogP contribution in [0.2, 0.25) is 5.02 Å². The fourth-order valence-electron chi connectivity index (χ4n) is 2.06. The zero-order valence-corrected chi connectivity index (χ0v) is 10.4. The number of nitrogen functional groups attached to an aromatic ring is 1. The predicted octanol–water partition coefficient (Wildman–Crippen LogP) is 4.14. The van der Waals surface area contributed by atoms with E-state index in [1.807, 2.05) is 54.6 Å². The van der Waals surface area contributed by atoms with E-state index in [4.69, 9.17) is 17.3 Å². The topological polar surface area (TPSA) is 38.9 Å². The molecule has 0 aliphatic carbocycles. The highest BCUT2D eigenvalue weighted by atomic mass is 35.5. The Hall–Kier alpha value is -2.06. The normalized spacial score (nSPS) is 10.7. The summed E-state index contributed by atoms with van der Waals surface area (Å²) in [6.45, 7) is 0. The lowest BCUT2D eigenvalue weighted by atomic mass is 10.0. The second-order valence-electron chi connectivity index (χ2n) is 4.12. The molecule has 0 atom stereocenters. The van der Waals surface area contributed by atoms with Gasteiger partial charge in [0.1, 0.15) is 5.82 Å². The summed E-state index contributed by atoms with van der Waals surface area (Å²) in [5.41, 5.74) is 8.93. The number of aromatic nitrogens is 1. The van der Waals surface area contributed by atoms with Crippen LogP contribution in [0.4, 0.5) is 5.82 Å². The van der Waals surface area contributed by atoms with Crippen LogP contribution in [0.25, 0.3) is 22.0 Å². The van der Waals surface area contributed by atoms with E-state index in [-0.39, 0.29) is 0 Å². The minimum Gasteiger partial charge on any atom is -0.384 e. The number of rotatable bonds is 1. The Bertz CT molecular complexity index is 705. The smallest absolute Gasteiger partial charge is 0.124 e. The molecular formula is C15H11ClN2. The van der Waals surface area contributed by atoms with E-state index in [0.29, 0.717) is 5.82 Å². The third kappa shape index (κ3) is 1.91. The Morgan fingerprint density at radius 1 is 0.944 bits per heavy atom. The van der Waals surface area contributed by atoms with Gasteiger partial charge in [-0.1, -0.05) is 41.9 Å². The monoisotopic (exact) mass is 254 g/mol. The maximum atomic E-state index is 5.91. The molecule has 3 heteroatoms. The van der Waals surface area contributed by atoms with E-state index >= 15 is 0 Å². The van der Waals surface area contributed by atoms with Gasteiger partial charge in [-0.25, -0.2) is 4.98 Å². The van der Waals surface area contributed by atoms with Crippen LogP contribution >= 0.6 is 11.6 Å². The number of halogens is 1. The summed E-state index contributed by atoms with van der Waals surface area (Å²) in [4.78, 5) is 4.33. The standard InChI is InChI=1S/C15H11ClN2/c16-11-7-5-10(6-8-11)13-9-15(17)18-14-4-2-1-3-12(13)14/h1-9H,(H2,17,18). The molecule has 2 N–H and O–H groups in total. The number of hydrogen-bond acceptors (Lipinski definition) is 2. The molecule has 3 aromatic rings. The third-order valence-corrected chi connectivity index (χ3v) is 3.14. The van der Waals surface area contributed by atoms with Gasteiger partial charge in [-0.15, -0.1) is 0 Å². The number of benzene rings is 2. The molecule has 0 saturated carbocycles. The number of fused-ring (bicyclic) bond motifs is 1. The molecule has 88 valence electrons. The van der Waals surface area contributed by atoms with Gasteiger partial charge < -0.3 is 5.73 Å². The second kappa shape index (κ2) is 4.31. The molecule has 1 heterocycles. The van der Waals surface area contributed by atoms with Crippen LogP contribution in [0.3, 0.4) is 0 Å². The lowest BCUT2D eigenvalue weighted by Crippen LogP contribution is -1.92. The van der Waals surface area contributed by atoms with E-state index in [9.17, 15) is 0 Å². The average Bonchev–Trinajstić information content (AvgIpc) is 2.38. The van der Waals surface area contributed by atoms with E-state index in [2.05, 4.69) is 4.98 Å². The maximum Gasteiger partial charge on any atom is 0.124 e. The van der Waals surface area contributed by atoms with Crippen molar-refractivity contribution in [2.24, 2.45) is 0 Å². The molecule has 2 aromatic carbocycles. The average molecular weight is 255 g/mol. The Kier molecular flexibility index (Phi) is 2.65. The molecule has 1 aromatic heterocycles. The summed E-state index contributed by atoms with van der Waals surface area (Å²) in [7, 11) is 0. The Morgan fingerprint density at radius 3 is 2.44 bits per heavy atom. The molecule has 0 fully saturated rings. The van der Waals surface area contributed by atoms with Gasteiger partial charge in [0.15, 0.2) is 0 Å². The quantitative estimate of drug-likeness (QED) is 0.709. The third-order valence-electron chi connectivity index (χ3n) is 2.89. The molecule has 0 aliphatic heterocycles. The van der Waals surface area contributed by atoms with Gasteiger partial charge in [0.05, 0.1) is 5.52 Å². The van der Waals surface area contributed by atoms with Crippen LogP contribution in [0, 0.1) is 0 Å². The minimum absolute atomic E-state index is 0.527. The predicted molar refractivity (Wildman–Crippen MR) is 76.6 cm³/mol. The van der Waals surface area contributed by atoms with Crippen molar-refractivity contribution in [3.8, 4) is 11.1 Å². The van der Waals surface area contributed by atoms with Gasteiger partial charge in [-0.3, -0.25) is 0 Å². The van der Waals surface area contributed by atoms with E-state index in [0.717, 1.165) is 27.1 Å². The van der Waals surface area contributed by atoms with Crippen LogP contribution in [0.1, 0.15) is 0 Å². The van der Waals surface area contributed by atoms with Crippen molar-refractivity contribution in [1.29, 1.82) is 0 Å². The van der Waals surface area contributed by atoms with E-state index in [1.54, 1.807) is 0 Å². The zero-order chi connectivity index (χ0) is 12.5. The van der Waals surface area contributed by atoms with E-state index < -0.39 is 0 Å². The molecule has 0 radical (unpaired) electrons. The molecule has 0 spiro atoms. The van der Waals surface area contributed by atoms with Crippen LogP contribution in [-0.4, -0.2) is 4.98 Å². The van der Waals surface area contributed by atoms with Crippen LogP contribution in [0.15, 0.2) is 54.6 Å². The lowest BCUT2D eigenvalue weighted by Gasteiger charge is -2.08. The van der Waals surface area contributed by atoms with Crippen molar-refractivity contribution in [3.63, 3.8) is 0 Å². The number of nitrogens with zero attached hydrogens (tertiary/aromatic N) is 1. The summed E-state index contributed by atoms with van der Waals surface area (Å²) in [6.07, 6.45) is 0. The first-order valence-corrected chi connectivity index (χ1v) is 6.03. The molecule has 0 aliphatic rings. The molecule has 2 nitrogen and oxygen atoms in total. The van der Waals surface area contributed by atoms with Crippen LogP contribution in [-0.2, 0) is 0 Å². The SMILES string of the molecule is Nc1cc(-c2ccc(Cl)cc2)c2ccccc2n1. The number of para-hydroxylation sites is 1. The van der Waals surface area contributed by atoms with Crippen molar-refractivity contribution in [1.82, 2.24) is 4.98 Å². The molecule has 0 saturated heterocycles. The van der Waals surface area contributed by atoms with E-state index in [1.165, 1.54) is 0 Å². The molecule has 0 amide bonds. The highest BCUT2D eigenvalue weighted by Crippen LogP contribution is 2.29. The van der Waals surface area contributed by atoms with Gasteiger partial charge in [0, 0.05) is 10.4 Å². The van der Waals surface area contributed by atoms with Crippen molar-refractivity contribution in [3.05, 3.63) is 59.6 Å². The van der Waals surface area contributed by atoms with Gasteiger partial charge in [-0.2, -0.15) is 0 Å². The lowest BCUT2D eigenvalue weighted by molar-refractivity contribution is 1.41.